The quantitative estimate of drug-likeness (QED) is 0.279. The molecule has 0 radical (unpaired) electrons. The van der Waals surface area contributed by atoms with Crippen LogP contribution in [0.3, 0.4) is 0 Å². The lowest BCUT2D eigenvalue weighted by atomic mass is 9.56. The molecular weight excluding hydrogens is 584 g/mol. The summed E-state index contributed by atoms with van der Waals surface area (Å²) in [5.74, 6) is -1.41. The summed E-state index contributed by atoms with van der Waals surface area (Å²) >= 11 is 0. The van der Waals surface area contributed by atoms with Gasteiger partial charge in [0.25, 0.3) is 5.88 Å². The fraction of sp³-hybridized carbons (Fsp3) is 0.472. The number of hydrogen-bond donors (Lipinski definition) is 1. The second kappa shape index (κ2) is 10.8. The van der Waals surface area contributed by atoms with Gasteiger partial charge in [0, 0.05) is 17.1 Å². The van der Waals surface area contributed by atoms with Crippen molar-refractivity contribution >= 4 is 19.9 Å². The van der Waals surface area contributed by atoms with E-state index in [2.05, 4.69) is 45.9 Å². The van der Waals surface area contributed by atoms with Gasteiger partial charge >= 0.3 is 0 Å². The number of aliphatic hydroxyl groups is 1. The van der Waals surface area contributed by atoms with Gasteiger partial charge in [0.1, 0.15) is 17.9 Å². The van der Waals surface area contributed by atoms with Crippen molar-refractivity contribution in [1.29, 1.82) is 0 Å². The number of Topliss-reactive ketones (excluding diaryl/α,β-unsaturated/α-hetero) is 2. The maximum absolute atomic E-state index is 15.2. The van der Waals surface area contributed by atoms with Gasteiger partial charge in [-0.3, -0.25) is 14.5 Å². The molecule has 0 fully saturated rings. The predicted octanol–water partition coefficient (Wildman–Crippen LogP) is 7.57. The Kier molecular flexibility index (Phi) is 7.53. The zero-order valence-corrected chi connectivity index (χ0v) is 28.7. The molecule has 6 rings (SSSR count). The molecule has 5 atom stereocenters. The van der Waals surface area contributed by atoms with E-state index in [0.29, 0.717) is 17.7 Å². The van der Waals surface area contributed by atoms with Gasteiger partial charge in [-0.2, -0.15) is 0 Å². The molecule has 3 aromatic rings. The molecule has 1 N–H and O–H groups in total. The highest BCUT2D eigenvalue weighted by atomic mass is 28.4. The number of nitrogens with zero attached hydrogens (tertiary/aromatic N) is 2. The van der Waals surface area contributed by atoms with E-state index >= 15 is 4.79 Å². The summed E-state index contributed by atoms with van der Waals surface area (Å²) in [6, 6.07) is 15.1. The zero-order chi connectivity index (χ0) is 32.6. The first-order chi connectivity index (χ1) is 21.1. The van der Waals surface area contributed by atoms with Gasteiger partial charge in [0.15, 0.2) is 25.5 Å². The van der Waals surface area contributed by atoms with Gasteiger partial charge in [-0.25, -0.2) is 0 Å². The van der Waals surface area contributed by atoms with Crippen LogP contribution in [0.4, 0.5) is 0 Å². The monoisotopic (exact) mass is 628 g/mol. The number of fused-ring (bicyclic) bond motifs is 4. The Labute approximate surface area is 266 Å². The van der Waals surface area contributed by atoms with Crippen LogP contribution in [-0.2, 0) is 11.0 Å². The van der Waals surface area contributed by atoms with Crippen molar-refractivity contribution in [3.8, 4) is 5.88 Å². The molecule has 0 aliphatic heterocycles. The minimum absolute atomic E-state index is 0.0561. The Hall–Kier alpha value is -3.53. The van der Waals surface area contributed by atoms with Gasteiger partial charge in [-0.15, -0.1) is 0 Å². The third-order valence-corrected chi connectivity index (χ3v) is 15.2. The van der Waals surface area contributed by atoms with Crippen LogP contribution in [0.2, 0.25) is 18.1 Å². The molecule has 238 valence electrons. The number of carbonyl (C=O) groups excluding carboxylic acids is 2. The number of carbonyl (C=O) groups is 2. The number of hydrogen-bond acceptors (Lipinski definition) is 8. The predicted molar refractivity (Wildman–Crippen MR) is 174 cm³/mol. The van der Waals surface area contributed by atoms with Crippen molar-refractivity contribution in [2.45, 2.75) is 83.3 Å². The van der Waals surface area contributed by atoms with E-state index in [1.165, 1.54) is 0 Å². The lowest BCUT2D eigenvalue weighted by Gasteiger charge is -2.55. The van der Waals surface area contributed by atoms with Crippen molar-refractivity contribution in [1.82, 2.24) is 10.1 Å². The summed E-state index contributed by atoms with van der Waals surface area (Å²) in [6.45, 7) is 14.7. The first kappa shape index (κ1) is 31.4. The number of aryl methyl sites for hydroxylation is 1. The minimum Gasteiger partial charge on any atom is -0.508 e. The molecule has 8 nitrogen and oxygen atoms in total. The number of ether oxygens (including phenoxy) is 1. The van der Waals surface area contributed by atoms with Gasteiger partial charge in [-0.1, -0.05) is 76.2 Å². The molecule has 1 aromatic heterocycles. The molecule has 0 saturated carbocycles. The van der Waals surface area contributed by atoms with Crippen LogP contribution >= 0.6 is 0 Å². The van der Waals surface area contributed by atoms with Gasteiger partial charge in [0.05, 0.1) is 6.04 Å². The molecule has 9 heteroatoms. The third kappa shape index (κ3) is 4.65. The average molecular weight is 629 g/mol. The summed E-state index contributed by atoms with van der Waals surface area (Å²) in [7, 11) is 1.10. The van der Waals surface area contributed by atoms with Gasteiger partial charge in [0.2, 0.25) is 5.78 Å². The number of ketones is 2. The first-order valence-corrected chi connectivity index (χ1v) is 18.7. The largest absolute Gasteiger partial charge is 0.508 e. The minimum atomic E-state index is -2.76. The van der Waals surface area contributed by atoms with Crippen molar-refractivity contribution < 1.29 is 28.4 Å². The van der Waals surface area contributed by atoms with Crippen LogP contribution in [0, 0.1) is 18.8 Å². The van der Waals surface area contributed by atoms with Crippen LogP contribution in [0.5, 0.6) is 5.88 Å². The van der Waals surface area contributed by atoms with E-state index in [1.54, 1.807) is 0 Å². The van der Waals surface area contributed by atoms with Crippen molar-refractivity contribution in [2.75, 3.05) is 14.1 Å². The van der Waals surface area contributed by atoms with Crippen LogP contribution in [0.1, 0.15) is 89.2 Å². The van der Waals surface area contributed by atoms with Crippen molar-refractivity contribution in [2.24, 2.45) is 11.8 Å². The number of aromatic nitrogens is 1. The molecule has 45 heavy (non-hydrogen) atoms. The Bertz CT molecular complexity index is 1700. The number of benzene rings is 2. The smallest absolute Gasteiger partial charge is 0.265 e. The van der Waals surface area contributed by atoms with E-state index in [9.17, 15) is 9.90 Å². The Morgan fingerprint density at radius 1 is 1.07 bits per heavy atom. The molecule has 1 heterocycles. The maximum Gasteiger partial charge on any atom is 0.265 e. The highest BCUT2D eigenvalue weighted by Gasteiger charge is 2.67. The van der Waals surface area contributed by atoms with Crippen LogP contribution in [0.15, 0.2) is 64.4 Å². The molecule has 0 unspecified atom stereocenters. The van der Waals surface area contributed by atoms with Crippen molar-refractivity contribution in [3.05, 3.63) is 93.4 Å². The van der Waals surface area contributed by atoms with Crippen LogP contribution in [0.25, 0.3) is 0 Å². The van der Waals surface area contributed by atoms with Gasteiger partial charge in [-0.05, 0) is 79.3 Å². The Morgan fingerprint density at radius 2 is 1.76 bits per heavy atom. The normalized spacial score (nSPS) is 26.4. The van der Waals surface area contributed by atoms with Gasteiger partial charge < -0.3 is 18.8 Å². The first-order valence-electron chi connectivity index (χ1n) is 15.8. The Morgan fingerprint density at radius 3 is 2.40 bits per heavy atom. The number of allylic oxidation sites excluding steroid dienone is 1. The standard InChI is InChI=1S/C36H44N2O6Si/c1-20-14-13-17-23-21(2)24-18-25-29(38(6)7)31-28(34(37-43-31)42-19-22-15-11-10-12-16-22)33(41)36(25,44-45(8,9)35(3,4)5)32(40)27(24)30(39)26(20)23/h10-17,21,24-25,29,40H,18-19H2,1-9H3/t21-,24+,25-,29-,36-/m0/s1. The molecule has 0 saturated heterocycles. The SMILES string of the molecule is Cc1cccc2c1C(=O)C1=C(O)[C@]3(O[Si](C)(C)C(C)(C)C)C(=O)c4c(OCc5ccccc5)noc4[C@@H](N(C)C)[C@@H]3C[C@@H]1[C@H]2C. The number of aliphatic hydroxyl groups excluding tert-OH is 1. The number of rotatable bonds is 6. The summed E-state index contributed by atoms with van der Waals surface area (Å²) in [6.07, 6.45) is 0.448. The maximum atomic E-state index is 15.2. The summed E-state index contributed by atoms with van der Waals surface area (Å²) < 4.78 is 19.3. The summed E-state index contributed by atoms with van der Waals surface area (Å²) in [5, 5.41) is 16.6. The molecule has 3 aliphatic rings. The topological polar surface area (TPSA) is 102 Å². The van der Waals surface area contributed by atoms with E-state index in [4.69, 9.17) is 13.7 Å². The summed E-state index contributed by atoms with van der Waals surface area (Å²) in [4.78, 5) is 31.6. The molecular formula is C36H44N2O6Si. The highest BCUT2D eigenvalue weighted by molar-refractivity contribution is 6.74. The lowest BCUT2D eigenvalue weighted by molar-refractivity contribution is -0.0494. The molecule has 0 spiro atoms. The molecule has 0 bridgehead atoms. The fourth-order valence-corrected chi connectivity index (χ4v) is 8.86. The second-order valence-electron chi connectivity index (χ2n) is 14.7. The van der Waals surface area contributed by atoms with E-state index in [-0.39, 0.29) is 52.0 Å². The van der Waals surface area contributed by atoms with E-state index in [1.807, 2.05) is 74.4 Å². The van der Waals surface area contributed by atoms with Crippen LogP contribution < -0.4 is 4.74 Å². The van der Waals surface area contributed by atoms with E-state index < -0.39 is 31.7 Å². The van der Waals surface area contributed by atoms with Crippen molar-refractivity contribution in [3.63, 3.8) is 0 Å². The zero-order valence-electron chi connectivity index (χ0n) is 27.7. The highest BCUT2D eigenvalue weighted by Crippen LogP contribution is 2.61. The molecule has 3 aliphatic carbocycles. The third-order valence-electron chi connectivity index (χ3n) is 10.8. The summed E-state index contributed by atoms with van der Waals surface area (Å²) in [5.41, 5.74) is 1.98. The van der Waals surface area contributed by atoms with E-state index in [0.717, 1.165) is 16.7 Å². The fourth-order valence-electron chi connectivity index (χ4n) is 7.41. The average Bonchev–Trinajstić information content (AvgIpc) is 3.39. The van der Waals surface area contributed by atoms with Crippen LogP contribution in [-0.4, -0.2) is 54.7 Å². The Balaban J connectivity index is 1.60. The molecule has 2 aromatic carbocycles. The lowest BCUT2D eigenvalue weighted by Crippen LogP contribution is -2.65. The molecule has 0 amide bonds. The second-order valence-corrected chi connectivity index (χ2v) is 19.4.